The van der Waals surface area contributed by atoms with E-state index in [9.17, 15) is 4.79 Å². The van der Waals surface area contributed by atoms with Gasteiger partial charge in [-0.2, -0.15) is 5.10 Å². The summed E-state index contributed by atoms with van der Waals surface area (Å²) in [5.41, 5.74) is 0.177. The van der Waals surface area contributed by atoms with Crippen LogP contribution in [0.15, 0.2) is 12.3 Å². The average molecular weight is 195 g/mol. The Bertz CT molecular complexity index is 339. The molecule has 0 aliphatic carbocycles. The van der Waals surface area contributed by atoms with Crippen LogP contribution in [0.25, 0.3) is 0 Å². The predicted octanol–water partition coefficient (Wildman–Crippen LogP) is 1.02. The molecule has 0 spiro atoms. The van der Waals surface area contributed by atoms with Crippen LogP contribution in [0.5, 0.6) is 0 Å². The van der Waals surface area contributed by atoms with Crippen LogP contribution in [0, 0.1) is 0 Å². The van der Waals surface area contributed by atoms with Crippen molar-refractivity contribution in [1.82, 2.24) is 10.2 Å². The van der Waals surface area contributed by atoms with Crippen LogP contribution in [0.4, 0.5) is 5.82 Å². The van der Waals surface area contributed by atoms with Crippen molar-refractivity contribution in [3.05, 3.63) is 17.8 Å². The molecule has 76 valence electrons. The third-order valence-electron chi connectivity index (χ3n) is 2.04. The lowest BCUT2D eigenvalue weighted by Gasteiger charge is -2.22. The maximum absolute atomic E-state index is 10.9. The van der Waals surface area contributed by atoms with Crippen molar-refractivity contribution in [2.24, 2.45) is 0 Å². The van der Waals surface area contributed by atoms with Crippen molar-refractivity contribution >= 4 is 11.8 Å². The third kappa shape index (κ3) is 1.99. The maximum Gasteiger partial charge on any atom is 0.339 e. The van der Waals surface area contributed by atoms with Crippen molar-refractivity contribution in [1.29, 1.82) is 0 Å². The number of carboxylic acids is 1. The second kappa shape index (κ2) is 4.04. The SMILES string of the molecule is CC(C)N(C)c1nnccc1C(=O)O. The van der Waals surface area contributed by atoms with Crippen LogP contribution in [-0.4, -0.2) is 34.4 Å². The van der Waals surface area contributed by atoms with Gasteiger partial charge in [0.1, 0.15) is 5.56 Å². The number of rotatable bonds is 3. The number of hydrogen-bond donors (Lipinski definition) is 1. The second-order valence-electron chi connectivity index (χ2n) is 3.28. The van der Waals surface area contributed by atoms with E-state index in [4.69, 9.17) is 5.11 Å². The van der Waals surface area contributed by atoms with Crippen molar-refractivity contribution in [3.63, 3.8) is 0 Å². The van der Waals surface area contributed by atoms with Crippen LogP contribution >= 0.6 is 0 Å². The third-order valence-corrected chi connectivity index (χ3v) is 2.04. The Morgan fingerprint density at radius 2 is 2.21 bits per heavy atom. The molecule has 0 saturated carbocycles. The van der Waals surface area contributed by atoms with Gasteiger partial charge < -0.3 is 10.0 Å². The number of aromatic nitrogens is 2. The highest BCUT2D eigenvalue weighted by Crippen LogP contribution is 2.16. The molecule has 0 radical (unpaired) electrons. The van der Waals surface area contributed by atoms with E-state index in [0.29, 0.717) is 5.82 Å². The first-order valence-corrected chi connectivity index (χ1v) is 4.32. The molecular weight excluding hydrogens is 182 g/mol. The van der Waals surface area contributed by atoms with Crippen molar-refractivity contribution in [2.75, 3.05) is 11.9 Å². The smallest absolute Gasteiger partial charge is 0.339 e. The van der Waals surface area contributed by atoms with Gasteiger partial charge in [-0.05, 0) is 19.9 Å². The topological polar surface area (TPSA) is 66.3 Å². The van der Waals surface area contributed by atoms with Gasteiger partial charge in [-0.25, -0.2) is 4.79 Å². The number of carbonyl (C=O) groups is 1. The minimum absolute atomic E-state index is 0.177. The predicted molar refractivity (Wildman–Crippen MR) is 52.5 cm³/mol. The van der Waals surface area contributed by atoms with E-state index in [1.807, 2.05) is 13.8 Å². The lowest BCUT2D eigenvalue weighted by atomic mass is 10.2. The molecule has 1 aromatic rings. The lowest BCUT2D eigenvalue weighted by molar-refractivity contribution is 0.0697. The van der Waals surface area contributed by atoms with E-state index in [-0.39, 0.29) is 11.6 Å². The monoisotopic (exact) mass is 195 g/mol. The quantitative estimate of drug-likeness (QED) is 0.780. The molecule has 0 aliphatic rings. The van der Waals surface area contributed by atoms with E-state index >= 15 is 0 Å². The molecule has 5 heteroatoms. The molecule has 1 heterocycles. The van der Waals surface area contributed by atoms with E-state index < -0.39 is 5.97 Å². The molecule has 0 atom stereocenters. The summed E-state index contributed by atoms with van der Waals surface area (Å²) in [5, 5.41) is 16.4. The molecule has 0 bridgehead atoms. The Kier molecular flexibility index (Phi) is 3.01. The number of hydrogen-bond acceptors (Lipinski definition) is 4. The first-order chi connectivity index (χ1) is 6.54. The van der Waals surface area contributed by atoms with Gasteiger partial charge in [0.2, 0.25) is 0 Å². The van der Waals surface area contributed by atoms with Crippen LogP contribution in [-0.2, 0) is 0 Å². The molecule has 0 unspecified atom stereocenters. The summed E-state index contributed by atoms with van der Waals surface area (Å²) in [5.74, 6) is -0.586. The standard InChI is InChI=1S/C9H13N3O2/c1-6(2)12(3)8-7(9(13)14)4-5-10-11-8/h4-6H,1-3H3,(H,13,14). The van der Waals surface area contributed by atoms with Crippen molar-refractivity contribution in [3.8, 4) is 0 Å². The summed E-state index contributed by atoms with van der Waals surface area (Å²) in [6.45, 7) is 3.92. The van der Waals surface area contributed by atoms with Gasteiger partial charge in [-0.1, -0.05) is 0 Å². The first-order valence-electron chi connectivity index (χ1n) is 4.32. The molecule has 0 saturated heterocycles. The summed E-state index contributed by atoms with van der Waals surface area (Å²) >= 11 is 0. The highest BCUT2D eigenvalue weighted by molar-refractivity contribution is 5.93. The van der Waals surface area contributed by atoms with Crippen LogP contribution < -0.4 is 4.90 Å². The number of nitrogens with zero attached hydrogens (tertiary/aromatic N) is 3. The zero-order valence-electron chi connectivity index (χ0n) is 8.43. The molecule has 0 amide bonds. The molecular formula is C9H13N3O2. The Morgan fingerprint density at radius 3 is 2.71 bits per heavy atom. The van der Waals surface area contributed by atoms with Crippen molar-refractivity contribution in [2.45, 2.75) is 19.9 Å². The number of aromatic carboxylic acids is 1. The Balaban J connectivity index is 3.13. The van der Waals surface area contributed by atoms with Gasteiger partial charge in [0.25, 0.3) is 0 Å². The van der Waals surface area contributed by atoms with Gasteiger partial charge in [-0.3, -0.25) is 0 Å². The molecule has 5 nitrogen and oxygen atoms in total. The first kappa shape index (κ1) is 10.4. The largest absolute Gasteiger partial charge is 0.478 e. The van der Waals surface area contributed by atoms with Gasteiger partial charge >= 0.3 is 5.97 Å². The summed E-state index contributed by atoms with van der Waals surface area (Å²) in [4.78, 5) is 12.6. The maximum atomic E-state index is 10.9. The van der Waals surface area contributed by atoms with E-state index in [2.05, 4.69) is 10.2 Å². The van der Waals surface area contributed by atoms with Crippen molar-refractivity contribution < 1.29 is 9.90 Å². The second-order valence-corrected chi connectivity index (χ2v) is 3.28. The van der Waals surface area contributed by atoms with E-state index in [1.165, 1.54) is 12.3 Å². The van der Waals surface area contributed by atoms with Gasteiger partial charge in [0.05, 0.1) is 6.20 Å². The molecule has 0 aliphatic heterocycles. The minimum atomic E-state index is -0.984. The fourth-order valence-electron chi connectivity index (χ4n) is 0.996. The highest BCUT2D eigenvalue weighted by atomic mass is 16.4. The average Bonchev–Trinajstić information content (AvgIpc) is 2.16. The lowest BCUT2D eigenvalue weighted by Crippen LogP contribution is -2.28. The Labute approximate surface area is 82.4 Å². The van der Waals surface area contributed by atoms with E-state index in [0.717, 1.165) is 0 Å². The molecule has 1 N–H and O–H groups in total. The fourth-order valence-corrected chi connectivity index (χ4v) is 0.996. The van der Waals surface area contributed by atoms with Gasteiger partial charge in [0, 0.05) is 13.1 Å². The number of anilines is 1. The number of carboxylic acid groups (broad SMARTS) is 1. The van der Waals surface area contributed by atoms with Gasteiger partial charge in [0.15, 0.2) is 5.82 Å². The Hall–Kier alpha value is -1.65. The van der Waals surface area contributed by atoms with Crippen LogP contribution in [0.3, 0.4) is 0 Å². The van der Waals surface area contributed by atoms with Gasteiger partial charge in [-0.15, -0.1) is 5.10 Å². The normalized spacial score (nSPS) is 10.3. The molecule has 0 aromatic carbocycles. The summed E-state index contributed by atoms with van der Waals surface area (Å²) in [6, 6.07) is 1.63. The zero-order chi connectivity index (χ0) is 10.7. The molecule has 1 rings (SSSR count). The summed E-state index contributed by atoms with van der Waals surface area (Å²) in [7, 11) is 1.79. The van der Waals surface area contributed by atoms with E-state index in [1.54, 1.807) is 11.9 Å². The minimum Gasteiger partial charge on any atom is -0.478 e. The molecule has 0 fully saturated rings. The molecule has 1 aromatic heterocycles. The van der Waals surface area contributed by atoms with Crippen LogP contribution in [0.2, 0.25) is 0 Å². The Morgan fingerprint density at radius 1 is 1.57 bits per heavy atom. The fraction of sp³-hybridized carbons (Fsp3) is 0.444. The highest BCUT2D eigenvalue weighted by Gasteiger charge is 2.16. The summed E-state index contributed by atoms with van der Waals surface area (Å²) in [6.07, 6.45) is 1.38. The molecule has 14 heavy (non-hydrogen) atoms. The summed E-state index contributed by atoms with van der Waals surface area (Å²) < 4.78 is 0. The zero-order valence-corrected chi connectivity index (χ0v) is 8.43. The van der Waals surface area contributed by atoms with Crippen LogP contribution in [0.1, 0.15) is 24.2 Å².